The van der Waals surface area contributed by atoms with Crippen molar-refractivity contribution >= 4 is 6.09 Å². The van der Waals surface area contributed by atoms with E-state index in [0.29, 0.717) is 5.92 Å². The number of carbonyl (C=O) groups is 1. The second-order valence-corrected chi connectivity index (χ2v) is 7.10. The van der Waals surface area contributed by atoms with Crippen LogP contribution in [0.2, 0.25) is 0 Å². The fraction of sp³-hybridized carbons (Fsp3) is 0.632. The van der Waals surface area contributed by atoms with Gasteiger partial charge in [0.25, 0.3) is 0 Å². The van der Waals surface area contributed by atoms with Crippen molar-refractivity contribution in [1.29, 1.82) is 0 Å². The highest BCUT2D eigenvalue weighted by Gasteiger charge is 2.57. The van der Waals surface area contributed by atoms with Crippen LogP contribution in [0.5, 0.6) is 0 Å². The summed E-state index contributed by atoms with van der Waals surface area (Å²) in [6.45, 7) is 12.9. The number of cyclic esters (lactones) is 1. The summed E-state index contributed by atoms with van der Waals surface area (Å²) in [7, 11) is 0. The van der Waals surface area contributed by atoms with Crippen LogP contribution in [0.4, 0.5) is 4.79 Å². The predicted octanol–water partition coefficient (Wildman–Crippen LogP) is 4.96. The summed E-state index contributed by atoms with van der Waals surface area (Å²) in [6, 6.07) is 10.2. The molecule has 1 aliphatic rings. The van der Waals surface area contributed by atoms with Gasteiger partial charge in [0.15, 0.2) is 5.60 Å². The minimum atomic E-state index is -0.599. The molecule has 1 amide bonds. The fourth-order valence-electron chi connectivity index (χ4n) is 3.73. The zero-order valence-corrected chi connectivity index (χ0v) is 14.7. The van der Waals surface area contributed by atoms with Gasteiger partial charge in [-0.3, -0.25) is 4.90 Å². The Labute approximate surface area is 134 Å². The number of ether oxygens (including phenoxy) is 1. The van der Waals surface area contributed by atoms with Gasteiger partial charge in [-0.2, -0.15) is 0 Å². The molecule has 0 aromatic heterocycles. The molecule has 0 saturated carbocycles. The van der Waals surface area contributed by atoms with Gasteiger partial charge in [-0.05, 0) is 38.2 Å². The van der Waals surface area contributed by atoms with Crippen LogP contribution in [0.1, 0.15) is 59.9 Å². The van der Waals surface area contributed by atoms with Crippen molar-refractivity contribution in [2.45, 2.75) is 71.6 Å². The zero-order chi connectivity index (χ0) is 16.5. The van der Waals surface area contributed by atoms with E-state index in [1.54, 1.807) is 0 Å². The van der Waals surface area contributed by atoms with Gasteiger partial charge < -0.3 is 4.74 Å². The fourth-order valence-corrected chi connectivity index (χ4v) is 3.73. The van der Waals surface area contributed by atoms with Crippen LogP contribution in [0.3, 0.4) is 0 Å². The summed E-state index contributed by atoms with van der Waals surface area (Å²) < 4.78 is 5.96. The van der Waals surface area contributed by atoms with Crippen LogP contribution in [0, 0.1) is 5.92 Å². The molecular weight excluding hydrogens is 274 g/mol. The summed E-state index contributed by atoms with van der Waals surface area (Å²) in [4.78, 5) is 14.8. The van der Waals surface area contributed by atoms with E-state index in [1.807, 2.05) is 23.1 Å². The molecule has 22 heavy (non-hydrogen) atoms. The maximum Gasteiger partial charge on any atom is 0.411 e. The first-order valence-corrected chi connectivity index (χ1v) is 8.38. The highest BCUT2D eigenvalue weighted by molar-refractivity contribution is 5.73. The van der Waals surface area contributed by atoms with E-state index in [0.717, 1.165) is 18.4 Å². The molecule has 1 aromatic rings. The van der Waals surface area contributed by atoms with Gasteiger partial charge in [-0.1, -0.05) is 58.0 Å². The lowest BCUT2D eigenvalue weighted by Gasteiger charge is -2.43. The zero-order valence-electron chi connectivity index (χ0n) is 14.7. The number of carbonyl (C=O) groups excluding carboxylic acids is 1. The average molecular weight is 303 g/mol. The topological polar surface area (TPSA) is 29.5 Å². The molecule has 0 bridgehead atoms. The van der Waals surface area contributed by atoms with Crippen molar-refractivity contribution in [3.05, 3.63) is 35.9 Å². The van der Waals surface area contributed by atoms with Crippen molar-refractivity contribution < 1.29 is 9.53 Å². The van der Waals surface area contributed by atoms with Crippen molar-refractivity contribution in [3.63, 3.8) is 0 Å². The molecule has 0 spiro atoms. The summed E-state index contributed by atoms with van der Waals surface area (Å²) in [6.07, 6.45) is 1.66. The Kier molecular flexibility index (Phi) is 4.55. The lowest BCUT2D eigenvalue weighted by molar-refractivity contribution is 0.0229. The third kappa shape index (κ3) is 2.51. The van der Waals surface area contributed by atoms with Crippen LogP contribution in [-0.2, 0) is 10.3 Å². The Balaban J connectivity index is 2.53. The van der Waals surface area contributed by atoms with E-state index in [1.165, 1.54) is 0 Å². The largest absolute Gasteiger partial charge is 0.436 e. The molecule has 1 aromatic carbocycles. The van der Waals surface area contributed by atoms with E-state index in [4.69, 9.17) is 4.74 Å². The number of benzene rings is 1. The number of amides is 1. The number of nitrogens with zero attached hydrogens (tertiary/aromatic N) is 1. The van der Waals surface area contributed by atoms with Gasteiger partial charge in [0.05, 0.1) is 6.04 Å². The van der Waals surface area contributed by atoms with Crippen molar-refractivity contribution in [2.24, 2.45) is 5.92 Å². The third-order valence-electron chi connectivity index (χ3n) is 5.42. The molecule has 0 aliphatic carbocycles. The van der Waals surface area contributed by atoms with Gasteiger partial charge in [-0.25, -0.2) is 4.79 Å². The monoisotopic (exact) mass is 303 g/mol. The van der Waals surface area contributed by atoms with E-state index >= 15 is 0 Å². The molecule has 1 saturated heterocycles. The first-order valence-electron chi connectivity index (χ1n) is 8.38. The van der Waals surface area contributed by atoms with E-state index in [9.17, 15) is 4.79 Å². The van der Waals surface area contributed by atoms with E-state index in [-0.39, 0.29) is 17.7 Å². The van der Waals surface area contributed by atoms with E-state index in [2.05, 4.69) is 53.7 Å². The molecule has 2 atom stereocenters. The Morgan fingerprint density at radius 3 is 2.23 bits per heavy atom. The molecule has 3 heteroatoms. The molecule has 1 heterocycles. The van der Waals surface area contributed by atoms with Gasteiger partial charge in [0.1, 0.15) is 0 Å². The van der Waals surface area contributed by atoms with Crippen LogP contribution in [0.15, 0.2) is 30.3 Å². The molecule has 1 aliphatic heterocycles. The quantitative estimate of drug-likeness (QED) is 0.769. The first kappa shape index (κ1) is 16.9. The minimum absolute atomic E-state index is 0.0345. The summed E-state index contributed by atoms with van der Waals surface area (Å²) >= 11 is 0. The Morgan fingerprint density at radius 2 is 1.77 bits per heavy atom. The molecule has 1 fully saturated rings. The normalized spacial score (nSPS) is 25.7. The molecule has 122 valence electrons. The van der Waals surface area contributed by atoms with Crippen LogP contribution in [-0.4, -0.2) is 22.6 Å². The summed E-state index contributed by atoms with van der Waals surface area (Å²) in [5.74, 6) is 0.314. The lowest BCUT2D eigenvalue weighted by Crippen LogP contribution is -2.55. The van der Waals surface area contributed by atoms with Gasteiger partial charge in [0.2, 0.25) is 0 Å². The van der Waals surface area contributed by atoms with Crippen LogP contribution >= 0.6 is 0 Å². The van der Waals surface area contributed by atoms with Crippen LogP contribution < -0.4 is 0 Å². The maximum absolute atomic E-state index is 12.7. The molecule has 2 unspecified atom stereocenters. The van der Waals surface area contributed by atoms with Crippen LogP contribution in [0.25, 0.3) is 0 Å². The summed E-state index contributed by atoms with van der Waals surface area (Å²) in [5, 5.41) is 0. The summed E-state index contributed by atoms with van der Waals surface area (Å²) in [5.41, 5.74) is 0.301. The third-order valence-corrected chi connectivity index (χ3v) is 5.42. The molecule has 0 N–H and O–H groups in total. The SMILES string of the molecule is CCC(C)(CC)N1C(=O)OC(C)(c2ccccc2)C1C(C)C. The van der Waals surface area contributed by atoms with Gasteiger partial charge in [0, 0.05) is 5.54 Å². The van der Waals surface area contributed by atoms with Crippen molar-refractivity contribution in [2.75, 3.05) is 0 Å². The highest BCUT2D eigenvalue weighted by Crippen LogP contribution is 2.46. The molecule has 3 nitrogen and oxygen atoms in total. The first-order chi connectivity index (χ1) is 10.3. The Bertz CT molecular complexity index is 521. The number of hydrogen-bond acceptors (Lipinski definition) is 2. The van der Waals surface area contributed by atoms with Gasteiger partial charge in [-0.15, -0.1) is 0 Å². The van der Waals surface area contributed by atoms with Crippen molar-refractivity contribution in [1.82, 2.24) is 4.90 Å². The van der Waals surface area contributed by atoms with E-state index < -0.39 is 5.60 Å². The second-order valence-electron chi connectivity index (χ2n) is 7.10. The molecular formula is C19H29NO2. The molecule has 0 radical (unpaired) electrons. The average Bonchev–Trinajstić information content (AvgIpc) is 2.80. The van der Waals surface area contributed by atoms with Gasteiger partial charge >= 0.3 is 6.09 Å². The molecule has 2 rings (SSSR count). The van der Waals surface area contributed by atoms with Crippen molar-refractivity contribution in [3.8, 4) is 0 Å². The number of hydrogen-bond donors (Lipinski definition) is 0. The maximum atomic E-state index is 12.7. The standard InChI is InChI=1S/C19H29NO2/c1-7-18(5,8-2)20-16(14(3)4)19(6,22-17(20)21)15-12-10-9-11-13-15/h9-14,16H,7-8H2,1-6H3. The highest BCUT2D eigenvalue weighted by atomic mass is 16.6. The Morgan fingerprint density at radius 1 is 1.23 bits per heavy atom. The number of rotatable bonds is 5. The lowest BCUT2D eigenvalue weighted by atomic mass is 9.79. The second kappa shape index (κ2) is 5.94. The minimum Gasteiger partial charge on any atom is -0.436 e. The predicted molar refractivity (Wildman–Crippen MR) is 89.7 cm³/mol. The smallest absolute Gasteiger partial charge is 0.411 e. The Hall–Kier alpha value is -1.51.